The van der Waals surface area contributed by atoms with Crippen LogP contribution in [0.15, 0.2) is 35.5 Å². The van der Waals surface area contributed by atoms with Gasteiger partial charge in [-0.25, -0.2) is 0 Å². The Morgan fingerprint density at radius 3 is 2.91 bits per heavy atom. The Balaban J connectivity index is 2.19. The van der Waals surface area contributed by atoms with Gasteiger partial charge in [-0.05, 0) is 19.1 Å². The van der Waals surface area contributed by atoms with Crippen LogP contribution in [-0.2, 0) is 13.6 Å². The summed E-state index contributed by atoms with van der Waals surface area (Å²) in [5.74, 6) is 2.30. The van der Waals surface area contributed by atoms with Gasteiger partial charge in [0.15, 0.2) is 4.80 Å². The standard InChI is InChI=1S/C16H14N4OS/c1-4-9-20-12-7-5-6-8-13(12)22-16(20)18-15(21)14-11(2)10-17-19(14)3/h1,5-8,10H,9H2,2-3H3. The molecule has 5 nitrogen and oxygen atoms in total. The summed E-state index contributed by atoms with van der Waals surface area (Å²) in [6.07, 6.45) is 7.10. The molecule has 1 aromatic carbocycles. The smallest absolute Gasteiger partial charge is 0.298 e. The molecular weight excluding hydrogens is 296 g/mol. The van der Waals surface area contributed by atoms with Crippen LogP contribution >= 0.6 is 11.3 Å². The minimum Gasteiger partial charge on any atom is -0.305 e. The molecule has 3 rings (SSSR count). The fourth-order valence-electron chi connectivity index (χ4n) is 2.34. The van der Waals surface area contributed by atoms with Crippen molar-refractivity contribution in [2.24, 2.45) is 12.0 Å². The van der Waals surface area contributed by atoms with Gasteiger partial charge in [-0.3, -0.25) is 9.48 Å². The molecule has 0 aliphatic heterocycles. The third-order valence-electron chi connectivity index (χ3n) is 3.36. The highest BCUT2D eigenvalue weighted by Gasteiger charge is 2.14. The topological polar surface area (TPSA) is 52.2 Å². The highest BCUT2D eigenvalue weighted by molar-refractivity contribution is 7.16. The molecule has 0 radical (unpaired) electrons. The molecule has 0 aliphatic carbocycles. The first kappa shape index (κ1) is 14.3. The van der Waals surface area contributed by atoms with Gasteiger partial charge in [0.25, 0.3) is 5.91 Å². The van der Waals surface area contributed by atoms with Gasteiger partial charge in [0.05, 0.1) is 23.0 Å². The van der Waals surface area contributed by atoms with Crippen molar-refractivity contribution in [3.8, 4) is 12.3 Å². The van der Waals surface area contributed by atoms with E-state index >= 15 is 0 Å². The number of hydrogen-bond donors (Lipinski definition) is 0. The summed E-state index contributed by atoms with van der Waals surface area (Å²) in [6.45, 7) is 2.22. The number of aryl methyl sites for hydroxylation is 2. The Morgan fingerprint density at radius 2 is 2.23 bits per heavy atom. The van der Waals surface area contributed by atoms with E-state index in [9.17, 15) is 4.79 Å². The lowest BCUT2D eigenvalue weighted by molar-refractivity contribution is 0.0988. The first-order valence-corrected chi connectivity index (χ1v) is 7.53. The fraction of sp³-hybridized carbons (Fsp3) is 0.188. The number of para-hydroxylation sites is 1. The molecule has 0 fully saturated rings. The zero-order chi connectivity index (χ0) is 15.7. The molecule has 1 amide bonds. The van der Waals surface area contributed by atoms with E-state index in [2.05, 4.69) is 16.0 Å². The van der Waals surface area contributed by atoms with Gasteiger partial charge < -0.3 is 4.57 Å². The molecule has 0 N–H and O–H groups in total. The second kappa shape index (κ2) is 5.62. The number of amides is 1. The average Bonchev–Trinajstić information content (AvgIpc) is 3.00. The van der Waals surface area contributed by atoms with Gasteiger partial charge in [-0.1, -0.05) is 29.4 Å². The number of aromatic nitrogens is 3. The minimum absolute atomic E-state index is 0.310. The first-order chi connectivity index (χ1) is 10.6. The summed E-state index contributed by atoms with van der Waals surface area (Å²) in [5, 5.41) is 4.08. The maximum Gasteiger partial charge on any atom is 0.298 e. The van der Waals surface area contributed by atoms with Crippen molar-refractivity contribution >= 4 is 27.5 Å². The molecule has 110 valence electrons. The minimum atomic E-state index is -0.310. The zero-order valence-electron chi connectivity index (χ0n) is 12.3. The lowest BCUT2D eigenvalue weighted by Gasteiger charge is -2.00. The maximum atomic E-state index is 12.5. The van der Waals surface area contributed by atoms with Gasteiger partial charge in [0.2, 0.25) is 0 Å². The first-order valence-electron chi connectivity index (χ1n) is 6.71. The number of carbonyl (C=O) groups excluding carboxylic acids is 1. The lowest BCUT2D eigenvalue weighted by Crippen LogP contribution is -2.18. The molecule has 0 atom stereocenters. The van der Waals surface area contributed by atoms with Crippen LogP contribution in [0.5, 0.6) is 0 Å². The van der Waals surface area contributed by atoms with E-state index in [-0.39, 0.29) is 5.91 Å². The van der Waals surface area contributed by atoms with E-state index in [1.165, 1.54) is 11.3 Å². The quantitative estimate of drug-likeness (QED) is 0.681. The van der Waals surface area contributed by atoms with Crippen molar-refractivity contribution in [1.29, 1.82) is 0 Å². The van der Waals surface area contributed by atoms with E-state index in [0.29, 0.717) is 17.0 Å². The number of hydrogen-bond acceptors (Lipinski definition) is 3. The van der Waals surface area contributed by atoms with Crippen molar-refractivity contribution in [2.45, 2.75) is 13.5 Å². The van der Waals surface area contributed by atoms with Gasteiger partial charge >= 0.3 is 0 Å². The third kappa shape index (κ3) is 2.36. The second-order valence-corrected chi connectivity index (χ2v) is 5.87. The van der Waals surface area contributed by atoms with Crippen LogP contribution in [0.2, 0.25) is 0 Å². The highest BCUT2D eigenvalue weighted by atomic mass is 32.1. The van der Waals surface area contributed by atoms with Crippen molar-refractivity contribution in [1.82, 2.24) is 14.3 Å². The highest BCUT2D eigenvalue weighted by Crippen LogP contribution is 2.16. The number of nitrogens with zero attached hydrogens (tertiary/aromatic N) is 4. The van der Waals surface area contributed by atoms with Crippen LogP contribution in [0.4, 0.5) is 0 Å². The van der Waals surface area contributed by atoms with Crippen LogP contribution in [-0.4, -0.2) is 20.3 Å². The largest absolute Gasteiger partial charge is 0.305 e. The fourth-order valence-corrected chi connectivity index (χ4v) is 3.37. The van der Waals surface area contributed by atoms with Gasteiger partial charge in [-0.15, -0.1) is 6.42 Å². The van der Waals surface area contributed by atoms with Gasteiger partial charge in [0, 0.05) is 12.6 Å². The van der Waals surface area contributed by atoms with Crippen molar-refractivity contribution < 1.29 is 4.79 Å². The summed E-state index contributed by atoms with van der Waals surface area (Å²) < 4.78 is 4.47. The summed E-state index contributed by atoms with van der Waals surface area (Å²) in [7, 11) is 1.73. The maximum absolute atomic E-state index is 12.5. The van der Waals surface area contributed by atoms with Crippen molar-refractivity contribution in [2.75, 3.05) is 0 Å². The van der Waals surface area contributed by atoms with E-state index in [4.69, 9.17) is 6.42 Å². The van der Waals surface area contributed by atoms with E-state index < -0.39 is 0 Å². The molecular formula is C16H14N4OS. The summed E-state index contributed by atoms with van der Waals surface area (Å²) in [4.78, 5) is 17.3. The van der Waals surface area contributed by atoms with Crippen LogP contribution in [0.3, 0.4) is 0 Å². The lowest BCUT2D eigenvalue weighted by atomic mass is 10.3. The Kier molecular flexibility index (Phi) is 3.65. The van der Waals surface area contributed by atoms with Crippen LogP contribution in [0.1, 0.15) is 16.1 Å². The predicted octanol–water partition coefficient (Wildman–Crippen LogP) is 2.12. The SMILES string of the molecule is C#CCn1c(=NC(=O)c2c(C)cnn2C)sc2ccccc21. The number of thiazole rings is 1. The molecule has 22 heavy (non-hydrogen) atoms. The van der Waals surface area contributed by atoms with E-state index in [1.807, 2.05) is 35.8 Å². The summed E-state index contributed by atoms with van der Waals surface area (Å²) >= 11 is 1.45. The van der Waals surface area contributed by atoms with E-state index in [0.717, 1.165) is 15.8 Å². The molecule has 3 aromatic rings. The number of terminal acetylenes is 1. The van der Waals surface area contributed by atoms with E-state index in [1.54, 1.807) is 17.9 Å². The molecule has 0 unspecified atom stereocenters. The zero-order valence-corrected chi connectivity index (χ0v) is 13.1. The molecule has 6 heteroatoms. The number of rotatable bonds is 2. The summed E-state index contributed by atoms with van der Waals surface area (Å²) in [5.41, 5.74) is 2.28. The number of fused-ring (bicyclic) bond motifs is 1. The monoisotopic (exact) mass is 310 g/mol. The van der Waals surface area contributed by atoms with Crippen molar-refractivity contribution in [3.05, 3.63) is 46.5 Å². The predicted molar refractivity (Wildman–Crippen MR) is 86.5 cm³/mol. The molecule has 0 saturated heterocycles. The Labute approximate surface area is 131 Å². The van der Waals surface area contributed by atoms with Crippen LogP contribution in [0, 0.1) is 19.3 Å². The number of carbonyl (C=O) groups is 1. The second-order valence-electron chi connectivity index (χ2n) is 4.86. The van der Waals surface area contributed by atoms with Crippen LogP contribution < -0.4 is 4.80 Å². The number of benzene rings is 1. The molecule has 0 bridgehead atoms. The average molecular weight is 310 g/mol. The van der Waals surface area contributed by atoms with Crippen LogP contribution in [0.25, 0.3) is 10.2 Å². The molecule has 2 aromatic heterocycles. The molecule has 2 heterocycles. The Hall–Kier alpha value is -2.65. The summed E-state index contributed by atoms with van der Waals surface area (Å²) in [6, 6.07) is 7.86. The molecule has 0 aliphatic rings. The Bertz CT molecular complexity index is 949. The third-order valence-corrected chi connectivity index (χ3v) is 4.42. The van der Waals surface area contributed by atoms with Gasteiger partial charge in [0.1, 0.15) is 5.69 Å². The molecule has 0 spiro atoms. The van der Waals surface area contributed by atoms with Gasteiger partial charge in [-0.2, -0.15) is 10.1 Å². The van der Waals surface area contributed by atoms with Crippen molar-refractivity contribution in [3.63, 3.8) is 0 Å². The Morgan fingerprint density at radius 1 is 1.45 bits per heavy atom. The normalized spacial score (nSPS) is 11.8. The molecule has 0 saturated carbocycles.